The molecule has 0 aliphatic heterocycles. The number of benzene rings is 2. The van der Waals surface area contributed by atoms with E-state index in [1.807, 2.05) is 6.92 Å². The minimum atomic E-state index is -3.61. The van der Waals surface area contributed by atoms with Gasteiger partial charge in [0.1, 0.15) is 11.6 Å². The van der Waals surface area contributed by atoms with Crippen LogP contribution in [0.25, 0.3) is 0 Å². The van der Waals surface area contributed by atoms with Crippen molar-refractivity contribution in [1.82, 2.24) is 10.1 Å². The van der Waals surface area contributed by atoms with Gasteiger partial charge in [0.05, 0.1) is 10.6 Å². The summed E-state index contributed by atoms with van der Waals surface area (Å²) in [5, 5.41) is 6.13. The smallest absolute Gasteiger partial charge is 0.227 e. The average Bonchev–Trinajstić information content (AvgIpc) is 3.09. The maximum atomic E-state index is 13.8. The third-order valence-corrected chi connectivity index (χ3v) is 6.10. The minimum absolute atomic E-state index is 0.0138. The van der Waals surface area contributed by atoms with Crippen LogP contribution >= 0.6 is 15.9 Å². The normalized spacial score (nSPS) is 11.4. The van der Waals surface area contributed by atoms with Crippen LogP contribution in [0, 0.1) is 12.7 Å². The van der Waals surface area contributed by atoms with E-state index < -0.39 is 27.3 Å². The Labute approximate surface area is 175 Å². The third kappa shape index (κ3) is 5.70. The van der Waals surface area contributed by atoms with E-state index in [0.29, 0.717) is 4.47 Å². The molecule has 0 saturated heterocycles. The number of halogens is 2. The van der Waals surface area contributed by atoms with Crippen molar-refractivity contribution in [3.05, 3.63) is 70.0 Å². The molecule has 0 aliphatic rings. The van der Waals surface area contributed by atoms with Crippen LogP contribution in [0.2, 0.25) is 0 Å². The summed E-state index contributed by atoms with van der Waals surface area (Å²) in [5.41, 5.74) is 1.01. The zero-order valence-electron chi connectivity index (χ0n) is 15.4. The zero-order valence-corrected chi connectivity index (χ0v) is 17.8. The van der Waals surface area contributed by atoms with Crippen molar-refractivity contribution in [2.24, 2.45) is 0 Å². The third-order valence-electron chi connectivity index (χ3n) is 3.98. The molecule has 10 heteroatoms. The number of carbonyl (C=O) groups is 1. The van der Waals surface area contributed by atoms with Crippen LogP contribution in [0.3, 0.4) is 0 Å². The van der Waals surface area contributed by atoms with Crippen LogP contribution in [-0.2, 0) is 26.8 Å². The number of nitrogens with one attached hydrogen (secondary N) is 1. The fourth-order valence-electron chi connectivity index (χ4n) is 2.47. The first-order chi connectivity index (χ1) is 13.7. The Morgan fingerprint density at radius 2 is 1.93 bits per heavy atom. The molecular formula is C19H17BrFN3O4S. The highest BCUT2D eigenvalue weighted by Gasteiger charge is 2.19. The molecule has 2 aromatic carbocycles. The Bertz CT molecular complexity index is 1130. The summed E-state index contributed by atoms with van der Waals surface area (Å²) >= 11 is 3.14. The van der Waals surface area contributed by atoms with Gasteiger partial charge in [-0.25, -0.2) is 12.8 Å². The number of carbonyl (C=O) groups excluding carboxylic acids is 1. The number of aryl methyl sites for hydroxylation is 2. The van der Waals surface area contributed by atoms with Gasteiger partial charge in [-0.1, -0.05) is 38.8 Å². The highest BCUT2D eigenvalue weighted by molar-refractivity contribution is 9.10. The predicted molar refractivity (Wildman–Crippen MR) is 107 cm³/mol. The predicted octanol–water partition coefficient (Wildman–Crippen LogP) is 3.82. The molecule has 0 fully saturated rings. The van der Waals surface area contributed by atoms with E-state index in [1.54, 1.807) is 18.2 Å². The zero-order chi connectivity index (χ0) is 21.0. The van der Waals surface area contributed by atoms with Crippen molar-refractivity contribution >= 4 is 37.4 Å². The second-order valence-electron chi connectivity index (χ2n) is 6.35. The topological polar surface area (TPSA) is 102 Å². The summed E-state index contributed by atoms with van der Waals surface area (Å²) in [7, 11) is -3.61. The Morgan fingerprint density at radius 3 is 2.62 bits per heavy atom. The molecule has 3 aromatic rings. The molecule has 7 nitrogen and oxygen atoms in total. The number of aromatic nitrogens is 2. The van der Waals surface area contributed by atoms with Crippen molar-refractivity contribution in [3.8, 4) is 0 Å². The van der Waals surface area contributed by atoms with E-state index in [1.165, 1.54) is 24.3 Å². The number of rotatable bonds is 7. The molecule has 0 spiro atoms. The Morgan fingerprint density at radius 1 is 1.21 bits per heavy atom. The van der Waals surface area contributed by atoms with Gasteiger partial charge >= 0.3 is 0 Å². The molecule has 0 atom stereocenters. The lowest BCUT2D eigenvalue weighted by molar-refractivity contribution is -0.116. The molecule has 1 amide bonds. The Kier molecular flexibility index (Phi) is 6.43. The summed E-state index contributed by atoms with van der Waals surface area (Å²) < 4.78 is 44.2. The van der Waals surface area contributed by atoms with E-state index in [9.17, 15) is 17.6 Å². The molecule has 152 valence electrons. The second-order valence-corrected chi connectivity index (χ2v) is 9.25. The van der Waals surface area contributed by atoms with Gasteiger partial charge < -0.3 is 9.84 Å². The van der Waals surface area contributed by atoms with Gasteiger partial charge in [0, 0.05) is 17.3 Å². The Hall–Kier alpha value is -2.59. The fraction of sp³-hybridized carbons (Fsp3) is 0.211. The molecular weight excluding hydrogens is 465 g/mol. The van der Waals surface area contributed by atoms with Gasteiger partial charge in [0.2, 0.25) is 11.8 Å². The van der Waals surface area contributed by atoms with Crippen molar-refractivity contribution in [2.45, 2.75) is 30.4 Å². The molecule has 0 radical (unpaired) electrons. The summed E-state index contributed by atoms with van der Waals surface area (Å²) in [6.45, 7) is 1.86. The lowest BCUT2D eigenvalue weighted by Gasteiger charge is -2.05. The van der Waals surface area contributed by atoms with Crippen molar-refractivity contribution < 1.29 is 22.1 Å². The quantitative estimate of drug-likeness (QED) is 0.550. The van der Waals surface area contributed by atoms with E-state index in [4.69, 9.17) is 4.52 Å². The Balaban J connectivity index is 1.57. The largest absolute Gasteiger partial charge is 0.339 e. The molecule has 1 aromatic heterocycles. The summed E-state index contributed by atoms with van der Waals surface area (Å²) in [4.78, 5) is 16.2. The van der Waals surface area contributed by atoms with Crippen LogP contribution < -0.4 is 5.32 Å². The van der Waals surface area contributed by atoms with Crippen molar-refractivity contribution in [2.75, 3.05) is 5.32 Å². The van der Waals surface area contributed by atoms with Crippen LogP contribution in [0.1, 0.15) is 23.7 Å². The van der Waals surface area contributed by atoms with Gasteiger partial charge in [0.15, 0.2) is 15.7 Å². The molecule has 0 saturated carbocycles. The summed E-state index contributed by atoms with van der Waals surface area (Å²) in [6, 6.07) is 10.8. The maximum Gasteiger partial charge on any atom is 0.227 e. The first-order valence-electron chi connectivity index (χ1n) is 8.59. The number of nitrogens with zero attached hydrogens (tertiary/aromatic N) is 2. The first-order valence-corrected chi connectivity index (χ1v) is 11.0. The van der Waals surface area contributed by atoms with Gasteiger partial charge in [-0.05, 0) is 37.3 Å². The lowest BCUT2D eigenvalue weighted by atomic mass is 10.2. The number of hydrogen-bond acceptors (Lipinski definition) is 6. The first kappa shape index (κ1) is 21.1. The van der Waals surface area contributed by atoms with E-state index >= 15 is 0 Å². The summed E-state index contributed by atoms with van der Waals surface area (Å²) in [5.74, 6) is -1.26. The standard InChI is InChI=1S/C19H17BrFN3O4S/c1-12-2-5-14(6-3-12)29(26,27)11-17-23-19(28-24-17)9-8-18(25)22-16-7-4-13(20)10-15(16)21/h2-7,10H,8-9,11H2,1H3,(H,22,25). The van der Waals surface area contributed by atoms with Crippen LogP contribution in [0.4, 0.5) is 10.1 Å². The van der Waals surface area contributed by atoms with Crippen LogP contribution in [0.5, 0.6) is 0 Å². The SMILES string of the molecule is Cc1ccc(S(=O)(=O)Cc2noc(CCC(=O)Nc3ccc(Br)cc3F)n2)cc1. The number of sulfone groups is 1. The van der Waals surface area contributed by atoms with E-state index in [2.05, 4.69) is 31.4 Å². The fourth-order valence-corrected chi connectivity index (χ4v) is 3.98. The van der Waals surface area contributed by atoms with Gasteiger partial charge in [-0.15, -0.1) is 0 Å². The minimum Gasteiger partial charge on any atom is -0.339 e. The van der Waals surface area contributed by atoms with Gasteiger partial charge in [-0.2, -0.15) is 4.98 Å². The highest BCUT2D eigenvalue weighted by atomic mass is 79.9. The van der Waals surface area contributed by atoms with Crippen LogP contribution in [0.15, 0.2) is 56.4 Å². The molecule has 29 heavy (non-hydrogen) atoms. The van der Waals surface area contributed by atoms with Gasteiger partial charge in [-0.3, -0.25) is 4.79 Å². The molecule has 1 N–H and O–H groups in total. The lowest BCUT2D eigenvalue weighted by Crippen LogP contribution is -2.13. The molecule has 0 aliphatic carbocycles. The highest BCUT2D eigenvalue weighted by Crippen LogP contribution is 2.20. The van der Waals surface area contributed by atoms with E-state index in [-0.39, 0.29) is 35.1 Å². The average molecular weight is 482 g/mol. The van der Waals surface area contributed by atoms with Crippen molar-refractivity contribution in [1.29, 1.82) is 0 Å². The summed E-state index contributed by atoms with van der Waals surface area (Å²) in [6.07, 6.45) is 0.0728. The van der Waals surface area contributed by atoms with Gasteiger partial charge in [0.25, 0.3) is 0 Å². The molecule has 0 bridgehead atoms. The second kappa shape index (κ2) is 8.83. The monoisotopic (exact) mass is 481 g/mol. The van der Waals surface area contributed by atoms with Crippen LogP contribution in [-0.4, -0.2) is 24.5 Å². The number of anilines is 1. The molecule has 1 heterocycles. The molecule has 3 rings (SSSR count). The van der Waals surface area contributed by atoms with Crippen molar-refractivity contribution in [3.63, 3.8) is 0 Å². The number of hydrogen-bond donors (Lipinski definition) is 1. The van der Waals surface area contributed by atoms with E-state index in [0.717, 1.165) is 5.56 Å². The molecule has 0 unspecified atom stereocenters. The maximum absolute atomic E-state index is 13.8. The number of amides is 1.